The Bertz CT molecular complexity index is 1480. The number of benzene rings is 3. The molecule has 1 aliphatic rings. The summed E-state index contributed by atoms with van der Waals surface area (Å²) in [6.45, 7) is 1.92. The SMILES string of the molecule is Cc1ccc(C(=O)NC2CC2)cc1-c1ccc(-c2nnc(CNS(=O)(=O)Cc3ccccc3)o2)cc1. The van der Waals surface area contributed by atoms with Gasteiger partial charge in [-0.25, -0.2) is 13.1 Å². The number of carbonyl (C=O) groups excluding carboxylic acids is 1. The lowest BCUT2D eigenvalue weighted by molar-refractivity contribution is 0.0951. The molecule has 0 radical (unpaired) electrons. The highest BCUT2D eigenvalue weighted by Crippen LogP contribution is 2.28. The first-order valence-corrected chi connectivity index (χ1v) is 13.4. The van der Waals surface area contributed by atoms with Crippen LogP contribution in [-0.2, 0) is 22.3 Å². The number of nitrogens with one attached hydrogen (secondary N) is 2. The normalized spacial score (nSPS) is 13.5. The largest absolute Gasteiger partial charge is 0.419 e. The second kappa shape index (κ2) is 10.0. The second-order valence-electron chi connectivity index (χ2n) is 8.92. The van der Waals surface area contributed by atoms with Crippen molar-refractivity contribution in [1.29, 1.82) is 0 Å². The summed E-state index contributed by atoms with van der Waals surface area (Å²) in [6, 6.07) is 22.6. The van der Waals surface area contributed by atoms with Crippen LogP contribution < -0.4 is 10.0 Å². The highest BCUT2D eigenvalue weighted by atomic mass is 32.2. The van der Waals surface area contributed by atoms with Crippen molar-refractivity contribution in [2.24, 2.45) is 0 Å². The van der Waals surface area contributed by atoms with Crippen molar-refractivity contribution in [3.63, 3.8) is 0 Å². The van der Waals surface area contributed by atoms with Crippen molar-refractivity contribution in [3.05, 3.63) is 95.4 Å². The van der Waals surface area contributed by atoms with E-state index in [9.17, 15) is 13.2 Å². The van der Waals surface area contributed by atoms with Gasteiger partial charge in [0.05, 0.1) is 12.3 Å². The smallest absolute Gasteiger partial charge is 0.251 e. The number of aromatic nitrogens is 2. The Balaban J connectivity index is 1.25. The molecule has 0 saturated heterocycles. The standard InChI is InChI=1S/C27H26N4O4S/c1-18-7-8-22(26(32)29-23-13-14-23)15-24(18)20-9-11-21(12-10-20)27-31-30-25(35-27)16-28-36(33,34)17-19-5-3-2-4-6-19/h2-12,15,23,28H,13-14,16-17H2,1H3,(H,29,32). The second-order valence-corrected chi connectivity index (χ2v) is 10.7. The van der Waals surface area contributed by atoms with Crippen LogP contribution in [0.25, 0.3) is 22.6 Å². The topological polar surface area (TPSA) is 114 Å². The molecule has 3 aromatic carbocycles. The number of amides is 1. The van der Waals surface area contributed by atoms with Gasteiger partial charge in [0, 0.05) is 17.2 Å². The van der Waals surface area contributed by atoms with E-state index in [0.29, 0.717) is 28.6 Å². The van der Waals surface area contributed by atoms with Crippen molar-refractivity contribution in [3.8, 4) is 22.6 Å². The zero-order valence-corrected chi connectivity index (χ0v) is 20.6. The van der Waals surface area contributed by atoms with Crippen molar-refractivity contribution in [1.82, 2.24) is 20.2 Å². The molecule has 0 unspecified atom stereocenters. The zero-order chi connectivity index (χ0) is 25.1. The third kappa shape index (κ3) is 5.87. The number of carbonyl (C=O) groups is 1. The van der Waals surface area contributed by atoms with Gasteiger partial charge in [0.25, 0.3) is 5.91 Å². The van der Waals surface area contributed by atoms with Crippen LogP contribution in [0, 0.1) is 6.92 Å². The predicted molar refractivity (Wildman–Crippen MR) is 136 cm³/mol. The molecule has 0 atom stereocenters. The Hall–Kier alpha value is -3.82. The molecular formula is C27H26N4O4S. The Morgan fingerprint density at radius 3 is 2.42 bits per heavy atom. The average Bonchev–Trinajstić information content (AvgIpc) is 3.56. The van der Waals surface area contributed by atoms with Gasteiger partial charge in [0.15, 0.2) is 0 Å². The third-order valence-corrected chi connectivity index (χ3v) is 7.26. The van der Waals surface area contributed by atoms with Crippen LogP contribution in [0.2, 0.25) is 0 Å². The van der Waals surface area contributed by atoms with E-state index in [1.165, 1.54) is 0 Å². The van der Waals surface area contributed by atoms with E-state index in [2.05, 4.69) is 20.2 Å². The maximum absolute atomic E-state index is 12.5. The van der Waals surface area contributed by atoms with Gasteiger partial charge in [0.2, 0.25) is 21.8 Å². The van der Waals surface area contributed by atoms with Crippen LogP contribution in [0.15, 0.2) is 77.2 Å². The first kappa shape index (κ1) is 23.9. The summed E-state index contributed by atoms with van der Waals surface area (Å²) >= 11 is 0. The highest BCUT2D eigenvalue weighted by Gasteiger charge is 2.24. The average molecular weight is 503 g/mol. The lowest BCUT2D eigenvalue weighted by Gasteiger charge is -2.10. The minimum atomic E-state index is -3.55. The number of rotatable bonds is 9. The van der Waals surface area contributed by atoms with Gasteiger partial charge >= 0.3 is 0 Å². The van der Waals surface area contributed by atoms with Crippen LogP contribution >= 0.6 is 0 Å². The first-order chi connectivity index (χ1) is 17.4. The quantitative estimate of drug-likeness (QED) is 0.354. The molecule has 1 amide bonds. The van der Waals surface area contributed by atoms with Crippen molar-refractivity contribution in [2.45, 2.75) is 38.1 Å². The van der Waals surface area contributed by atoms with E-state index in [0.717, 1.165) is 29.5 Å². The van der Waals surface area contributed by atoms with Gasteiger partial charge in [-0.3, -0.25) is 4.79 Å². The van der Waals surface area contributed by atoms with Gasteiger partial charge < -0.3 is 9.73 Å². The summed E-state index contributed by atoms with van der Waals surface area (Å²) in [6.07, 6.45) is 2.09. The molecular weight excluding hydrogens is 476 g/mol. The van der Waals surface area contributed by atoms with Crippen LogP contribution in [0.1, 0.15) is 40.2 Å². The fraction of sp³-hybridized carbons (Fsp3) is 0.222. The number of aryl methyl sites for hydroxylation is 1. The number of sulfonamides is 1. The molecule has 1 fully saturated rings. The number of hydrogen-bond acceptors (Lipinski definition) is 6. The van der Waals surface area contributed by atoms with Crippen LogP contribution in [0.5, 0.6) is 0 Å². The summed E-state index contributed by atoms with van der Waals surface area (Å²) in [5.74, 6) is 0.302. The molecule has 0 bridgehead atoms. The summed E-state index contributed by atoms with van der Waals surface area (Å²) in [4.78, 5) is 12.5. The first-order valence-electron chi connectivity index (χ1n) is 11.7. The van der Waals surface area contributed by atoms with Crippen LogP contribution in [0.3, 0.4) is 0 Å². The Labute approximate surface area is 209 Å². The maximum Gasteiger partial charge on any atom is 0.251 e. The molecule has 1 saturated carbocycles. The molecule has 8 nitrogen and oxygen atoms in total. The monoisotopic (exact) mass is 502 g/mol. The molecule has 9 heteroatoms. The van der Waals surface area contributed by atoms with Crippen LogP contribution in [-0.4, -0.2) is 30.6 Å². The molecule has 0 aliphatic heterocycles. The zero-order valence-electron chi connectivity index (χ0n) is 19.8. The summed E-state index contributed by atoms with van der Waals surface area (Å²) in [7, 11) is -3.55. The molecule has 5 rings (SSSR count). The van der Waals surface area contributed by atoms with Gasteiger partial charge in [-0.2, -0.15) is 0 Å². The number of hydrogen-bond donors (Lipinski definition) is 2. The summed E-state index contributed by atoms with van der Waals surface area (Å²) < 4.78 is 32.9. The van der Waals surface area contributed by atoms with E-state index in [1.807, 2.05) is 55.5 Å². The van der Waals surface area contributed by atoms with E-state index in [-0.39, 0.29) is 24.1 Å². The molecule has 1 aromatic heterocycles. The van der Waals surface area contributed by atoms with E-state index < -0.39 is 10.0 Å². The van der Waals surface area contributed by atoms with Gasteiger partial charge in [-0.1, -0.05) is 48.5 Å². The minimum absolute atomic E-state index is 0.0480. The minimum Gasteiger partial charge on any atom is -0.419 e. The molecule has 36 heavy (non-hydrogen) atoms. The molecule has 1 heterocycles. The van der Waals surface area contributed by atoms with Gasteiger partial charge in [0.1, 0.15) is 0 Å². The lowest BCUT2D eigenvalue weighted by atomic mass is 9.97. The molecule has 1 aliphatic carbocycles. The lowest BCUT2D eigenvalue weighted by Crippen LogP contribution is -2.25. The molecule has 4 aromatic rings. The van der Waals surface area contributed by atoms with Crippen molar-refractivity contribution < 1.29 is 17.6 Å². The predicted octanol–water partition coefficient (Wildman–Crippen LogP) is 4.22. The highest BCUT2D eigenvalue weighted by molar-refractivity contribution is 7.88. The van der Waals surface area contributed by atoms with Crippen molar-refractivity contribution >= 4 is 15.9 Å². The Morgan fingerprint density at radius 1 is 0.972 bits per heavy atom. The van der Waals surface area contributed by atoms with Crippen molar-refractivity contribution in [2.75, 3.05) is 0 Å². The Morgan fingerprint density at radius 2 is 1.69 bits per heavy atom. The number of nitrogens with zero attached hydrogens (tertiary/aromatic N) is 2. The third-order valence-electron chi connectivity index (χ3n) is 5.96. The molecule has 0 spiro atoms. The van der Waals surface area contributed by atoms with E-state index in [1.54, 1.807) is 24.3 Å². The fourth-order valence-electron chi connectivity index (χ4n) is 3.82. The fourth-order valence-corrected chi connectivity index (χ4v) is 4.90. The van der Waals surface area contributed by atoms with E-state index >= 15 is 0 Å². The maximum atomic E-state index is 12.5. The van der Waals surface area contributed by atoms with Gasteiger partial charge in [-0.15, -0.1) is 10.2 Å². The van der Waals surface area contributed by atoms with Gasteiger partial charge in [-0.05, 0) is 66.3 Å². The summed E-state index contributed by atoms with van der Waals surface area (Å²) in [5.41, 5.74) is 5.05. The van der Waals surface area contributed by atoms with Crippen LogP contribution in [0.4, 0.5) is 0 Å². The van der Waals surface area contributed by atoms with E-state index in [4.69, 9.17) is 4.42 Å². The Kier molecular flexibility index (Phi) is 6.67. The summed E-state index contributed by atoms with van der Waals surface area (Å²) in [5, 5.41) is 11.0. The molecule has 2 N–H and O–H groups in total. The molecule has 184 valence electrons.